The van der Waals surface area contributed by atoms with Crippen LogP contribution in [0.15, 0.2) is 63.5 Å². The van der Waals surface area contributed by atoms with Crippen LogP contribution in [0.3, 0.4) is 0 Å². The molecule has 0 aliphatic carbocycles. The van der Waals surface area contributed by atoms with Crippen LogP contribution in [0.5, 0.6) is 11.5 Å². The fourth-order valence-electron chi connectivity index (χ4n) is 3.85. The molecule has 3 aromatic rings. The second-order valence-corrected chi connectivity index (χ2v) is 9.02. The summed E-state index contributed by atoms with van der Waals surface area (Å²) in [5, 5.41) is 0.411. The summed E-state index contributed by atoms with van der Waals surface area (Å²) in [6.45, 7) is 3.00. The van der Waals surface area contributed by atoms with Crippen LogP contribution in [-0.4, -0.2) is 30.7 Å². The molecule has 8 nitrogen and oxygen atoms in total. The number of benzene rings is 2. The molecule has 1 aliphatic rings. The van der Waals surface area contributed by atoms with E-state index in [2.05, 4.69) is 4.99 Å². The molecule has 0 fully saturated rings. The Kier molecular flexibility index (Phi) is 6.90. The number of methoxy groups -OCH3 is 2. The molecule has 0 N–H and O–H groups in total. The van der Waals surface area contributed by atoms with Gasteiger partial charge in [0.25, 0.3) is 5.56 Å². The number of carbonyl (C=O) groups excluding carboxylic acids is 2. The number of rotatable bonds is 5. The van der Waals surface area contributed by atoms with E-state index in [1.54, 1.807) is 55.5 Å². The Hall–Kier alpha value is -3.69. The number of halogens is 1. The first kappa shape index (κ1) is 24.4. The zero-order chi connectivity index (χ0) is 25.3. The van der Waals surface area contributed by atoms with Gasteiger partial charge in [-0.1, -0.05) is 47.2 Å². The molecule has 0 bridgehead atoms. The van der Waals surface area contributed by atoms with E-state index in [0.717, 1.165) is 0 Å². The van der Waals surface area contributed by atoms with E-state index in [4.69, 9.17) is 25.8 Å². The van der Waals surface area contributed by atoms with Gasteiger partial charge in [0.15, 0.2) is 16.3 Å². The van der Waals surface area contributed by atoms with Crippen LogP contribution in [0.4, 0.5) is 0 Å². The third kappa shape index (κ3) is 4.65. The van der Waals surface area contributed by atoms with Crippen LogP contribution in [0.2, 0.25) is 5.02 Å². The topological polar surface area (TPSA) is 96.2 Å². The molecule has 1 unspecified atom stereocenters. The Morgan fingerprint density at radius 3 is 2.54 bits per heavy atom. The Bertz CT molecular complexity index is 1550. The first-order chi connectivity index (χ1) is 16.7. The van der Waals surface area contributed by atoms with Crippen molar-refractivity contribution in [3.8, 4) is 11.5 Å². The monoisotopic (exact) mass is 512 g/mol. The van der Waals surface area contributed by atoms with Crippen molar-refractivity contribution in [3.05, 3.63) is 89.6 Å². The van der Waals surface area contributed by atoms with Gasteiger partial charge in [-0.25, -0.2) is 9.79 Å². The summed E-state index contributed by atoms with van der Waals surface area (Å²) >= 11 is 7.67. The van der Waals surface area contributed by atoms with Gasteiger partial charge in [-0.3, -0.25) is 14.2 Å². The average molecular weight is 513 g/mol. The summed E-state index contributed by atoms with van der Waals surface area (Å²) in [5.41, 5.74) is 1.59. The van der Waals surface area contributed by atoms with E-state index in [-0.39, 0.29) is 16.9 Å². The standard InChI is InChI=1S/C25H21ClN2O6S/c1-13-21(24(31)33-4)22(16-7-5-6-8-17(16)26)28-23(30)20(35-25(28)27-13)12-15-9-10-18(34-14(2)29)19(11-15)32-3/h5-12,22H,1-4H3. The second kappa shape index (κ2) is 9.89. The molecular formula is C25H21ClN2O6S. The van der Waals surface area contributed by atoms with Crippen LogP contribution in [0, 0.1) is 0 Å². The number of ether oxygens (including phenoxy) is 3. The fourth-order valence-corrected chi connectivity index (χ4v) is 5.13. The summed E-state index contributed by atoms with van der Waals surface area (Å²) in [5.74, 6) is -0.438. The minimum Gasteiger partial charge on any atom is -0.493 e. The van der Waals surface area contributed by atoms with Gasteiger partial charge in [0.05, 0.1) is 30.0 Å². The lowest BCUT2D eigenvalue weighted by molar-refractivity contribution is -0.136. The van der Waals surface area contributed by atoms with Crippen molar-refractivity contribution >= 4 is 41.0 Å². The Balaban J connectivity index is 1.92. The van der Waals surface area contributed by atoms with Gasteiger partial charge < -0.3 is 14.2 Å². The van der Waals surface area contributed by atoms with Crippen LogP contribution < -0.4 is 24.4 Å². The van der Waals surface area contributed by atoms with E-state index in [0.29, 0.717) is 36.9 Å². The van der Waals surface area contributed by atoms with Gasteiger partial charge in [0.2, 0.25) is 0 Å². The number of fused-ring (bicyclic) bond motifs is 1. The molecule has 2 aromatic carbocycles. The molecule has 180 valence electrons. The number of esters is 2. The second-order valence-electron chi connectivity index (χ2n) is 7.60. The number of nitrogens with zero attached hydrogens (tertiary/aromatic N) is 2. The molecule has 10 heteroatoms. The zero-order valence-corrected chi connectivity index (χ0v) is 20.9. The third-order valence-corrected chi connectivity index (χ3v) is 6.69. The highest BCUT2D eigenvalue weighted by atomic mass is 35.5. The normalized spacial score (nSPS) is 15.3. The van der Waals surface area contributed by atoms with Crippen molar-refractivity contribution in [1.29, 1.82) is 0 Å². The largest absolute Gasteiger partial charge is 0.493 e. The van der Waals surface area contributed by atoms with Gasteiger partial charge >= 0.3 is 11.9 Å². The first-order valence-corrected chi connectivity index (χ1v) is 11.7. The summed E-state index contributed by atoms with van der Waals surface area (Å²) in [4.78, 5) is 42.6. The zero-order valence-electron chi connectivity index (χ0n) is 19.3. The average Bonchev–Trinajstić information content (AvgIpc) is 3.13. The van der Waals surface area contributed by atoms with Crippen LogP contribution in [-0.2, 0) is 14.3 Å². The van der Waals surface area contributed by atoms with Crippen molar-refractivity contribution in [3.63, 3.8) is 0 Å². The van der Waals surface area contributed by atoms with E-state index >= 15 is 0 Å². The van der Waals surface area contributed by atoms with Gasteiger partial charge in [-0.2, -0.15) is 0 Å². The van der Waals surface area contributed by atoms with Gasteiger partial charge in [-0.15, -0.1) is 0 Å². The van der Waals surface area contributed by atoms with Crippen LogP contribution in [0.1, 0.15) is 31.0 Å². The van der Waals surface area contributed by atoms with Crippen molar-refractivity contribution in [2.45, 2.75) is 19.9 Å². The van der Waals surface area contributed by atoms with Crippen molar-refractivity contribution in [2.75, 3.05) is 14.2 Å². The first-order valence-electron chi connectivity index (χ1n) is 10.5. The SMILES string of the molecule is COC(=O)C1=C(C)N=c2sc(=Cc3ccc(OC(C)=O)c(OC)c3)c(=O)n2C1c1ccccc1Cl. The fraction of sp³-hybridized carbons (Fsp3) is 0.200. The molecule has 0 saturated heterocycles. The van der Waals surface area contributed by atoms with Crippen LogP contribution >= 0.6 is 22.9 Å². The van der Waals surface area contributed by atoms with E-state index < -0.39 is 18.0 Å². The molecule has 35 heavy (non-hydrogen) atoms. The highest BCUT2D eigenvalue weighted by Gasteiger charge is 2.34. The molecule has 0 spiro atoms. The lowest BCUT2D eigenvalue weighted by Crippen LogP contribution is -2.39. The number of aromatic nitrogens is 1. The molecule has 1 atom stereocenters. The summed E-state index contributed by atoms with van der Waals surface area (Å²) in [6.07, 6.45) is 1.69. The maximum absolute atomic E-state index is 13.6. The molecule has 1 aliphatic heterocycles. The maximum Gasteiger partial charge on any atom is 0.338 e. The van der Waals surface area contributed by atoms with Gasteiger partial charge in [0.1, 0.15) is 6.04 Å². The Morgan fingerprint density at radius 1 is 1.14 bits per heavy atom. The quantitative estimate of drug-likeness (QED) is 0.385. The number of thiazole rings is 1. The maximum atomic E-state index is 13.6. The minimum atomic E-state index is -0.796. The molecule has 0 radical (unpaired) electrons. The van der Waals surface area contributed by atoms with Crippen molar-refractivity contribution in [1.82, 2.24) is 4.57 Å². The van der Waals surface area contributed by atoms with E-state index in [9.17, 15) is 14.4 Å². The third-order valence-electron chi connectivity index (χ3n) is 5.37. The van der Waals surface area contributed by atoms with E-state index in [1.165, 1.54) is 37.0 Å². The molecule has 0 amide bonds. The highest BCUT2D eigenvalue weighted by Crippen LogP contribution is 2.34. The van der Waals surface area contributed by atoms with Gasteiger partial charge in [0, 0.05) is 11.9 Å². The van der Waals surface area contributed by atoms with Crippen LogP contribution in [0.25, 0.3) is 6.08 Å². The predicted octanol–water partition coefficient (Wildman–Crippen LogP) is 3.00. The lowest BCUT2D eigenvalue weighted by atomic mass is 9.96. The minimum absolute atomic E-state index is 0.243. The molecule has 0 saturated carbocycles. The summed E-state index contributed by atoms with van der Waals surface area (Å²) < 4.78 is 17.3. The van der Waals surface area contributed by atoms with Crippen molar-refractivity contribution < 1.29 is 23.8 Å². The molecule has 4 rings (SSSR count). The molecule has 2 heterocycles. The summed E-state index contributed by atoms with van der Waals surface area (Å²) in [6, 6.07) is 11.2. The summed E-state index contributed by atoms with van der Waals surface area (Å²) in [7, 11) is 2.74. The van der Waals surface area contributed by atoms with Crippen molar-refractivity contribution in [2.24, 2.45) is 4.99 Å². The number of carbonyl (C=O) groups is 2. The highest BCUT2D eigenvalue weighted by molar-refractivity contribution is 7.07. The predicted molar refractivity (Wildman–Crippen MR) is 132 cm³/mol. The lowest BCUT2D eigenvalue weighted by Gasteiger charge is -2.25. The smallest absolute Gasteiger partial charge is 0.338 e. The number of hydrogen-bond donors (Lipinski definition) is 0. The van der Waals surface area contributed by atoms with Gasteiger partial charge in [-0.05, 0) is 42.3 Å². The molecular weight excluding hydrogens is 492 g/mol. The Morgan fingerprint density at radius 2 is 1.89 bits per heavy atom. The number of hydrogen-bond acceptors (Lipinski definition) is 8. The molecule has 1 aromatic heterocycles. The number of allylic oxidation sites excluding steroid dienone is 1. The van der Waals surface area contributed by atoms with E-state index in [1.807, 2.05) is 0 Å². The Labute approximate surface area is 209 Å².